The lowest BCUT2D eigenvalue weighted by Gasteiger charge is -2.30. The molecule has 5 aliphatic rings. The molecule has 0 bridgehead atoms. The van der Waals surface area contributed by atoms with Crippen molar-refractivity contribution in [3.63, 3.8) is 0 Å². The second-order valence-electron chi connectivity index (χ2n) is 24.1. The van der Waals surface area contributed by atoms with Crippen molar-refractivity contribution in [2.75, 3.05) is 13.1 Å². The molecule has 2 aromatic carbocycles. The number of aryl methyl sites for hydroxylation is 2. The van der Waals surface area contributed by atoms with Gasteiger partial charge in [-0.1, -0.05) is 44.7 Å². The highest BCUT2D eigenvalue weighted by Crippen LogP contribution is 2.65. The van der Waals surface area contributed by atoms with Gasteiger partial charge in [0.2, 0.25) is 0 Å². The third-order valence-electron chi connectivity index (χ3n) is 18.3. The molecule has 5 fully saturated rings. The number of hydrogen-bond donors (Lipinski definition) is 2. The van der Waals surface area contributed by atoms with Crippen molar-refractivity contribution in [2.45, 2.75) is 102 Å². The molecule has 2 N–H and O–H groups in total. The monoisotopic (exact) mass is 1080 g/mol. The molecule has 5 atom stereocenters. The standard InChI is InChI=1S/C63H62F2N14O2/c1-34-7-6-16-77(28-34)29-42-24-49-52(30-78(62(80)58(49)71-42)56-20-37(18-53(72-56)36-10-11-36)43-14-12-39(64)22-50(43)60-66-31-69-76(60)3)47-26-45(47)46-27-48(46)54-19-38(44-15-13-40(65)23-51(44)61-74-68-33-75(61)2)21-57(73-54)79-32-67-55-25-41(70-59(55)63(79)81)17-35-8-4-5-9-35/h12-15,18-25,30-36,45-48,70-71H,4-11,16-17,26-29H2,1-3H3/t34-,45?,46?,47?,48?/m0/s1. The van der Waals surface area contributed by atoms with Crippen LogP contribution in [0.5, 0.6) is 0 Å². The zero-order chi connectivity index (χ0) is 54.8. The van der Waals surface area contributed by atoms with Crippen molar-refractivity contribution in [1.29, 1.82) is 0 Å². The number of aromatic nitrogens is 13. The summed E-state index contributed by atoms with van der Waals surface area (Å²) in [6, 6.07) is 21.7. The largest absolute Gasteiger partial charge is 0.353 e. The van der Waals surface area contributed by atoms with E-state index in [0.29, 0.717) is 62.8 Å². The smallest absolute Gasteiger partial charge is 0.283 e. The maximum atomic E-state index is 15.2. The average molecular weight is 1090 g/mol. The number of nitrogens with one attached hydrogen (secondary N) is 2. The van der Waals surface area contributed by atoms with Gasteiger partial charge in [-0.2, -0.15) is 5.10 Å². The van der Waals surface area contributed by atoms with Crippen molar-refractivity contribution in [2.24, 2.45) is 37.8 Å². The summed E-state index contributed by atoms with van der Waals surface area (Å²) in [6.07, 6.45) is 18.6. The number of piperidine rings is 1. The molecule has 0 amide bonds. The van der Waals surface area contributed by atoms with Crippen LogP contribution >= 0.6 is 0 Å². The summed E-state index contributed by atoms with van der Waals surface area (Å²) < 4.78 is 37.0. The highest BCUT2D eigenvalue weighted by molar-refractivity contribution is 5.86. The molecular weight excluding hydrogens is 1020 g/mol. The van der Waals surface area contributed by atoms with E-state index in [1.807, 2.05) is 31.4 Å². The van der Waals surface area contributed by atoms with Gasteiger partial charge in [-0.05, 0) is 170 Å². The minimum absolute atomic E-state index is 0.0656. The molecule has 0 radical (unpaired) electrons. The first-order valence-electron chi connectivity index (χ1n) is 28.9. The zero-order valence-corrected chi connectivity index (χ0v) is 45.6. The normalized spacial score (nSPS) is 21.2. The van der Waals surface area contributed by atoms with Crippen LogP contribution in [0.25, 0.3) is 78.6 Å². The Morgan fingerprint density at radius 3 is 2.07 bits per heavy atom. The molecule has 9 heterocycles. The van der Waals surface area contributed by atoms with Crippen LogP contribution in [0.15, 0.2) is 108 Å². The fraction of sp³-hybridized carbons (Fsp3) is 0.381. The number of nitrogens with zero attached hydrogens (tertiary/aromatic N) is 12. The molecule has 8 aromatic heterocycles. The summed E-state index contributed by atoms with van der Waals surface area (Å²) >= 11 is 0. The maximum Gasteiger partial charge on any atom is 0.283 e. The van der Waals surface area contributed by atoms with Crippen LogP contribution in [0.3, 0.4) is 0 Å². The number of pyridine rings is 3. The highest BCUT2D eigenvalue weighted by atomic mass is 19.1. The van der Waals surface area contributed by atoms with Crippen molar-refractivity contribution in [1.82, 2.24) is 68.5 Å². The van der Waals surface area contributed by atoms with Crippen LogP contribution in [0.2, 0.25) is 0 Å². The van der Waals surface area contributed by atoms with E-state index in [0.717, 1.165) is 114 Å². The number of halogens is 2. The Balaban J connectivity index is 0.817. The molecule has 410 valence electrons. The van der Waals surface area contributed by atoms with Gasteiger partial charge in [0.25, 0.3) is 11.1 Å². The molecule has 0 spiro atoms. The SMILES string of the molecule is C[C@H]1CCCN(Cc2cc3c(C4CC4C4CC4c4cc(-c5ccc(F)cc5-c5nncn5C)cc(-n5cnc6cc(CC7CCCC7)[nH]c6c5=O)n4)cn(-c4cc(-c5ccc(F)cc5-c5ncnn5C)cc(C5CC5)n4)c(=O)c3[nH]2)C1. The Bertz CT molecular complexity index is 4250. The molecule has 4 saturated carbocycles. The molecule has 1 aliphatic heterocycles. The van der Waals surface area contributed by atoms with E-state index >= 15 is 13.6 Å². The van der Waals surface area contributed by atoms with E-state index in [9.17, 15) is 4.79 Å². The quantitative estimate of drug-likeness (QED) is 0.106. The van der Waals surface area contributed by atoms with Gasteiger partial charge < -0.3 is 14.5 Å². The first-order valence-corrected chi connectivity index (χ1v) is 28.9. The minimum Gasteiger partial charge on any atom is -0.353 e. The summed E-state index contributed by atoms with van der Waals surface area (Å²) in [5.74, 6) is 3.41. The summed E-state index contributed by atoms with van der Waals surface area (Å²) in [4.78, 5) is 59.2. The maximum absolute atomic E-state index is 15.2. The Morgan fingerprint density at radius 1 is 0.667 bits per heavy atom. The third-order valence-corrected chi connectivity index (χ3v) is 18.3. The summed E-state index contributed by atoms with van der Waals surface area (Å²) in [5.41, 5.74) is 10.4. The van der Waals surface area contributed by atoms with Crippen molar-refractivity contribution in [3.05, 3.63) is 159 Å². The van der Waals surface area contributed by atoms with Crippen LogP contribution in [-0.4, -0.2) is 81.6 Å². The van der Waals surface area contributed by atoms with Crippen LogP contribution in [0.1, 0.15) is 117 Å². The fourth-order valence-electron chi connectivity index (χ4n) is 13.8. The van der Waals surface area contributed by atoms with Gasteiger partial charge in [0.05, 0.1) is 5.52 Å². The van der Waals surface area contributed by atoms with Crippen molar-refractivity contribution < 1.29 is 8.78 Å². The topological polar surface area (TPSA) is 179 Å². The van der Waals surface area contributed by atoms with Gasteiger partial charge in [0, 0.05) is 84.5 Å². The number of fused-ring (bicyclic) bond motifs is 2. The molecule has 4 aliphatic carbocycles. The summed E-state index contributed by atoms with van der Waals surface area (Å²) in [5, 5.41) is 13.7. The summed E-state index contributed by atoms with van der Waals surface area (Å²) in [7, 11) is 3.62. The van der Waals surface area contributed by atoms with E-state index in [4.69, 9.17) is 15.0 Å². The number of hydrogen-bond acceptors (Lipinski definition) is 10. The lowest BCUT2D eigenvalue weighted by molar-refractivity contribution is 0.175. The minimum atomic E-state index is -0.400. The molecule has 4 unspecified atom stereocenters. The number of rotatable bonds is 14. The van der Waals surface area contributed by atoms with Crippen molar-refractivity contribution in [3.8, 4) is 56.7 Å². The predicted molar refractivity (Wildman–Crippen MR) is 305 cm³/mol. The van der Waals surface area contributed by atoms with Gasteiger partial charge in [-0.25, -0.2) is 38.0 Å². The number of aromatic amines is 2. The fourth-order valence-corrected chi connectivity index (χ4v) is 13.8. The predicted octanol–water partition coefficient (Wildman–Crippen LogP) is 11.1. The Hall–Kier alpha value is -8.25. The zero-order valence-electron chi connectivity index (χ0n) is 45.6. The van der Waals surface area contributed by atoms with E-state index in [-0.39, 0.29) is 46.5 Å². The lowest BCUT2D eigenvalue weighted by atomic mass is 9.97. The van der Waals surface area contributed by atoms with Gasteiger partial charge in [-0.15, -0.1) is 10.2 Å². The first-order chi connectivity index (χ1) is 39.4. The van der Waals surface area contributed by atoms with E-state index < -0.39 is 5.82 Å². The highest BCUT2D eigenvalue weighted by Gasteiger charge is 2.55. The summed E-state index contributed by atoms with van der Waals surface area (Å²) in [6.45, 7) is 5.05. The molecule has 81 heavy (non-hydrogen) atoms. The number of benzene rings is 2. The molecule has 18 heteroatoms. The van der Waals surface area contributed by atoms with Crippen LogP contribution in [-0.2, 0) is 27.1 Å². The van der Waals surface area contributed by atoms with E-state index in [1.165, 1.54) is 67.3 Å². The number of likely N-dealkylation sites (tertiary alicyclic amines) is 1. The molecular formula is C63H62F2N14O2. The Morgan fingerprint density at radius 2 is 1.36 bits per heavy atom. The Labute approximate surface area is 465 Å². The average Bonchev–Trinajstić information content (AvgIpc) is 4.40. The van der Waals surface area contributed by atoms with Crippen molar-refractivity contribution >= 4 is 21.9 Å². The van der Waals surface area contributed by atoms with Gasteiger partial charge in [-0.3, -0.25) is 19.1 Å². The lowest BCUT2D eigenvalue weighted by Crippen LogP contribution is -2.33. The van der Waals surface area contributed by atoms with E-state index in [1.54, 1.807) is 45.7 Å². The second-order valence-corrected chi connectivity index (χ2v) is 24.1. The molecule has 1 saturated heterocycles. The van der Waals surface area contributed by atoms with E-state index in [2.05, 4.69) is 60.3 Å². The second kappa shape index (κ2) is 19.5. The molecule has 10 aromatic rings. The van der Waals surface area contributed by atoms with Gasteiger partial charge in [0.1, 0.15) is 53.3 Å². The third kappa shape index (κ3) is 9.20. The number of H-pyrrole nitrogens is 2. The first kappa shape index (κ1) is 49.8. The molecule has 15 rings (SSSR count). The van der Waals surface area contributed by atoms with Crippen LogP contribution in [0, 0.1) is 35.3 Å². The van der Waals surface area contributed by atoms with Crippen LogP contribution in [0.4, 0.5) is 8.78 Å². The van der Waals surface area contributed by atoms with Gasteiger partial charge in [0.15, 0.2) is 11.6 Å². The van der Waals surface area contributed by atoms with Gasteiger partial charge >= 0.3 is 0 Å². The Kier molecular flexibility index (Phi) is 12.0. The van der Waals surface area contributed by atoms with Crippen LogP contribution < -0.4 is 11.1 Å². The molecule has 16 nitrogen and oxygen atoms in total.